The van der Waals surface area contributed by atoms with Gasteiger partial charge in [0.15, 0.2) is 11.5 Å². The van der Waals surface area contributed by atoms with Crippen LogP contribution in [0.3, 0.4) is 0 Å². The predicted octanol–water partition coefficient (Wildman–Crippen LogP) is 4.02. The molecule has 0 aromatic heterocycles. The molecule has 0 aromatic rings. The number of aliphatic hydroxyl groups is 2. The van der Waals surface area contributed by atoms with Gasteiger partial charge in [-0.15, -0.1) is 0 Å². The average Bonchev–Trinajstić information content (AvgIpc) is 3.02. The molecule has 5 nitrogen and oxygen atoms in total. The van der Waals surface area contributed by atoms with Crippen molar-refractivity contribution in [2.24, 2.45) is 28.6 Å². The van der Waals surface area contributed by atoms with Crippen molar-refractivity contribution in [2.45, 2.75) is 74.8 Å². The van der Waals surface area contributed by atoms with Crippen LogP contribution in [-0.4, -0.2) is 57.5 Å². The highest BCUT2D eigenvalue weighted by Crippen LogP contribution is 2.70. The van der Waals surface area contributed by atoms with E-state index in [-0.39, 0.29) is 30.9 Å². The molecule has 3 saturated carbocycles. The summed E-state index contributed by atoms with van der Waals surface area (Å²) in [5.74, 6) is -2.69. The Kier molecular flexibility index (Phi) is 6.52. The highest BCUT2D eigenvalue weighted by atomic mass is 35.5. The SMILES string of the molecule is C[C@H]1C[C@H]2[C@@H]3C[C@H](F)C4=CC(=O)C=C[C@]4(C)[C@@]3(F)[C@@H](O)C[C@]2(CCCO)[C@@H]1OC(=O)C(Cl)Cl. The first kappa shape index (κ1) is 25.1. The zero-order chi connectivity index (χ0) is 24.3. The molecule has 0 aromatic carbocycles. The van der Waals surface area contributed by atoms with Crippen molar-refractivity contribution in [2.75, 3.05) is 6.61 Å². The van der Waals surface area contributed by atoms with Gasteiger partial charge in [0.2, 0.25) is 4.84 Å². The Hall–Kier alpha value is -1.02. The van der Waals surface area contributed by atoms with Crippen LogP contribution in [0.5, 0.6) is 0 Å². The number of esters is 1. The molecule has 3 fully saturated rings. The molecule has 184 valence electrons. The van der Waals surface area contributed by atoms with Crippen LogP contribution in [0.25, 0.3) is 0 Å². The van der Waals surface area contributed by atoms with Gasteiger partial charge in [0.05, 0.1) is 6.10 Å². The van der Waals surface area contributed by atoms with Crippen LogP contribution in [0.15, 0.2) is 23.8 Å². The average molecular weight is 507 g/mol. The van der Waals surface area contributed by atoms with Crippen LogP contribution >= 0.6 is 23.2 Å². The molecule has 33 heavy (non-hydrogen) atoms. The molecule has 4 aliphatic rings. The summed E-state index contributed by atoms with van der Waals surface area (Å²) < 4.78 is 38.4. The summed E-state index contributed by atoms with van der Waals surface area (Å²) in [7, 11) is 0. The largest absolute Gasteiger partial charge is 0.459 e. The van der Waals surface area contributed by atoms with E-state index in [2.05, 4.69) is 0 Å². The van der Waals surface area contributed by atoms with Gasteiger partial charge in [0.25, 0.3) is 0 Å². The summed E-state index contributed by atoms with van der Waals surface area (Å²) in [5, 5.41) is 20.9. The Morgan fingerprint density at radius 2 is 2.03 bits per heavy atom. The molecule has 0 heterocycles. The zero-order valence-electron chi connectivity index (χ0n) is 18.6. The smallest absolute Gasteiger partial charge is 0.339 e. The molecule has 4 aliphatic carbocycles. The topological polar surface area (TPSA) is 83.8 Å². The Labute approximate surface area is 202 Å². The standard InChI is InChI=1S/C24H30Cl2F2O5/c1-12-8-14-15-10-17(27)16-9-13(30)4-6-22(16,2)24(15,28)18(31)11-23(14,5-3-7-29)19(12)33-21(32)20(25)26/h4,6,9,12,14-15,17-20,29,31H,3,5,7-8,10-11H2,1-2H3/t12-,14-,15-,17-,18-,19+,22-,23-,24-/m0/s1. The van der Waals surface area contributed by atoms with Crippen LogP contribution in [0, 0.1) is 28.6 Å². The minimum atomic E-state index is -2.20. The molecule has 9 heteroatoms. The third kappa shape index (κ3) is 3.52. The Balaban J connectivity index is 1.81. The van der Waals surface area contributed by atoms with Crippen molar-refractivity contribution in [1.82, 2.24) is 0 Å². The van der Waals surface area contributed by atoms with Gasteiger partial charge in [-0.25, -0.2) is 13.6 Å². The highest BCUT2D eigenvalue weighted by molar-refractivity contribution is 6.52. The van der Waals surface area contributed by atoms with Gasteiger partial charge < -0.3 is 14.9 Å². The molecule has 2 N–H and O–H groups in total. The van der Waals surface area contributed by atoms with E-state index in [1.165, 1.54) is 12.2 Å². The summed E-state index contributed by atoms with van der Waals surface area (Å²) in [6.45, 7) is 3.30. The number of aliphatic hydroxyl groups excluding tert-OH is 2. The molecule has 0 aliphatic heterocycles. The molecule has 0 unspecified atom stereocenters. The number of ketones is 1. The minimum absolute atomic E-state index is 0.0240. The van der Waals surface area contributed by atoms with Gasteiger partial charge in [-0.1, -0.05) is 36.2 Å². The lowest BCUT2D eigenvalue weighted by molar-refractivity contribution is -0.218. The van der Waals surface area contributed by atoms with Crippen LogP contribution in [0.4, 0.5) is 8.78 Å². The number of hydrogen-bond donors (Lipinski definition) is 2. The number of halogens is 4. The van der Waals surface area contributed by atoms with Crippen molar-refractivity contribution in [3.05, 3.63) is 23.8 Å². The maximum Gasteiger partial charge on any atom is 0.339 e. The molecular weight excluding hydrogens is 477 g/mol. The molecule has 0 radical (unpaired) electrons. The van der Waals surface area contributed by atoms with E-state index in [0.29, 0.717) is 19.3 Å². The van der Waals surface area contributed by atoms with Crippen molar-refractivity contribution < 1.29 is 33.3 Å². The van der Waals surface area contributed by atoms with E-state index < -0.39 is 63.3 Å². The van der Waals surface area contributed by atoms with Crippen molar-refractivity contribution in [1.29, 1.82) is 0 Å². The number of rotatable bonds is 5. The second kappa shape index (κ2) is 8.58. The molecule has 0 amide bonds. The summed E-state index contributed by atoms with van der Waals surface area (Å²) in [6.07, 6.45) is 1.06. The van der Waals surface area contributed by atoms with E-state index in [0.717, 1.165) is 6.08 Å². The van der Waals surface area contributed by atoms with Gasteiger partial charge in [-0.2, -0.15) is 0 Å². The number of carbonyl (C=O) groups excluding carboxylic acids is 2. The van der Waals surface area contributed by atoms with Crippen molar-refractivity contribution in [3.63, 3.8) is 0 Å². The van der Waals surface area contributed by atoms with Gasteiger partial charge in [-0.3, -0.25) is 4.79 Å². The number of carbonyl (C=O) groups is 2. The lowest BCUT2D eigenvalue weighted by atomic mass is 9.44. The number of alkyl halides is 4. The van der Waals surface area contributed by atoms with E-state index in [4.69, 9.17) is 27.9 Å². The van der Waals surface area contributed by atoms with E-state index in [1.54, 1.807) is 6.92 Å². The van der Waals surface area contributed by atoms with E-state index >= 15 is 8.78 Å². The maximum absolute atomic E-state index is 17.2. The minimum Gasteiger partial charge on any atom is -0.459 e. The second-order valence-electron chi connectivity index (χ2n) is 10.4. The molecule has 9 atom stereocenters. The highest BCUT2D eigenvalue weighted by Gasteiger charge is 2.74. The number of ether oxygens (including phenoxy) is 1. The Morgan fingerprint density at radius 1 is 1.33 bits per heavy atom. The Morgan fingerprint density at radius 3 is 2.67 bits per heavy atom. The summed E-state index contributed by atoms with van der Waals surface area (Å²) in [4.78, 5) is 22.9. The van der Waals surface area contributed by atoms with Crippen LogP contribution < -0.4 is 0 Å². The van der Waals surface area contributed by atoms with Gasteiger partial charge in [-0.05, 0) is 68.6 Å². The lowest BCUT2D eigenvalue weighted by Gasteiger charge is -2.62. The fourth-order valence-electron chi connectivity index (χ4n) is 7.54. The zero-order valence-corrected chi connectivity index (χ0v) is 20.2. The Bertz CT molecular complexity index is 894. The first-order valence-electron chi connectivity index (χ1n) is 11.5. The summed E-state index contributed by atoms with van der Waals surface area (Å²) in [5.41, 5.74) is -4.46. The first-order valence-corrected chi connectivity index (χ1v) is 12.4. The normalized spacial score (nSPS) is 46.5. The summed E-state index contributed by atoms with van der Waals surface area (Å²) >= 11 is 11.4. The first-order chi connectivity index (χ1) is 15.4. The predicted molar refractivity (Wildman–Crippen MR) is 119 cm³/mol. The van der Waals surface area contributed by atoms with Crippen molar-refractivity contribution >= 4 is 35.0 Å². The quantitative estimate of drug-likeness (QED) is 0.434. The van der Waals surface area contributed by atoms with E-state index in [1.807, 2.05) is 6.92 Å². The van der Waals surface area contributed by atoms with Crippen LogP contribution in [-0.2, 0) is 14.3 Å². The molecule has 0 spiro atoms. The monoisotopic (exact) mass is 506 g/mol. The lowest BCUT2D eigenvalue weighted by Crippen LogP contribution is -2.69. The van der Waals surface area contributed by atoms with Crippen LogP contribution in [0.2, 0.25) is 0 Å². The van der Waals surface area contributed by atoms with Gasteiger partial charge in [0.1, 0.15) is 12.3 Å². The molecule has 4 rings (SSSR count). The third-order valence-electron chi connectivity index (χ3n) is 8.83. The molecule has 0 bridgehead atoms. The second-order valence-corrected chi connectivity index (χ2v) is 11.5. The fourth-order valence-corrected chi connectivity index (χ4v) is 7.65. The number of allylic oxidation sites excluding steroid dienone is 4. The summed E-state index contributed by atoms with van der Waals surface area (Å²) in [6, 6.07) is 0. The van der Waals surface area contributed by atoms with E-state index in [9.17, 15) is 19.8 Å². The van der Waals surface area contributed by atoms with Crippen LogP contribution in [0.1, 0.15) is 46.0 Å². The number of fused-ring (bicyclic) bond motifs is 5. The third-order valence-corrected chi connectivity index (χ3v) is 9.18. The fraction of sp³-hybridized carbons (Fsp3) is 0.750. The molecule has 0 saturated heterocycles. The molecular formula is C24H30Cl2F2O5. The maximum atomic E-state index is 17.2. The number of hydrogen-bond acceptors (Lipinski definition) is 5. The van der Waals surface area contributed by atoms with Gasteiger partial charge >= 0.3 is 5.97 Å². The van der Waals surface area contributed by atoms with Crippen molar-refractivity contribution in [3.8, 4) is 0 Å². The van der Waals surface area contributed by atoms with Gasteiger partial charge in [0, 0.05) is 23.4 Å².